The van der Waals surface area contributed by atoms with Gasteiger partial charge in [0, 0.05) is 17.6 Å². The summed E-state index contributed by atoms with van der Waals surface area (Å²) >= 11 is 0. The Morgan fingerprint density at radius 1 is 1.42 bits per heavy atom. The molecule has 106 valence electrons. The van der Waals surface area contributed by atoms with Crippen molar-refractivity contribution in [2.24, 2.45) is 0 Å². The predicted octanol–water partition coefficient (Wildman–Crippen LogP) is 2.54. The summed E-state index contributed by atoms with van der Waals surface area (Å²) in [4.78, 5) is 12.3. The first-order valence-corrected chi connectivity index (χ1v) is 6.83. The van der Waals surface area contributed by atoms with E-state index in [2.05, 4.69) is 24.5 Å². The minimum Gasteiger partial charge on any atom is -0.349 e. The SMILES string of the molecule is CCc1ccccc1C(=O)NC1CCNC(C)C1.Cl. The molecule has 3 nitrogen and oxygen atoms in total. The molecule has 0 aliphatic carbocycles. The van der Waals surface area contributed by atoms with Crippen LogP contribution in [0.3, 0.4) is 0 Å². The Morgan fingerprint density at radius 3 is 2.84 bits per heavy atom. The normalized spacial score (nSPS) is 22.4. The smallest absolute Gasteiger partial charge is 0.251 e. The van der Waals surface area contributed by atoms with E-state index in [1.807, 2.05) is 24.3 Å². The molecular formula is C15H23ClN2O. The number of hydrogen-bond acceptors (Lipinski definition) is 2. The number of carbonyl (C=O) groups is 1. The number of nitrogens with one attached hydrogen (secondary N) is 2. The number of carbonyl (C=O) groups excluding carboxylic acids is 1. The minimum atomic E-state index is 0. The third-order valence-corrected chi connectivity index (χ3v) is 3.60. The lowest BCUT2D eigenvalue weighted by atomic mass is 9.99. The van der Waals surface area contributed by atoms with Gasteiger partial charge in [0.2, 0.25) is 0 Å². The number of piperidine rings is 1. The average Bonchev–Trinajstić information content (AvgIpc) is 2.38. The Bertz CT molecular complexity index is 422. The molecule has 0 saturated carbocycles. The number of benzene rings is 1. The van der Waals surface area contributed by atoms with E-state index in [0.717, 1.165) is 36.9 Å². The second-order valence-electron chi connectivity index (χ2n) is 5.06. The lowest BCUT2D eigenvalue weighted by Gasteiger charge is -2.28. The van der Waals surface area contributed by atoms with Crippen molar-refractivity contribution in [3.8, 4) is 0 Å². The van der Waals surface area contributed by atoms with E-state index < -0.39 is 0 Å². The number of aryl methyl sites for hydroxylation is 1. The van der Waals surface area contributed by atoms with Crippen LogP contribution >= 0.6 is 12.4 Å². The summed E-state index contributed by atoms with van der Waals surface area (Å²) in [7, 11) is 0. The molecule has 0 spiro atoms. The average molecular weight is 283 g/mol. The lowest BCUT2D eigenvalue weighted by molar-refractivity contribution is 0.0925. The highest BCUT2D eigenvalue weighted by atomic mass is 35.5. The fraction of sp³-hybridized carbons (Fsp3) is 0.533. The molecule has 4 heteroatoms. The summed E-state index contributed by atoms with van der Waals surface area (Å²) in [5.74, 6) is 0.0755. The molecule has 1 saturated heterocycles. The van der Waals surface area contributed by atoms with Crippen LogP contribution in [0.1, 0.15) is 42.6 Å². The monoisotopic (exact) mass is 282 g/mol. The lowest BCUT2D eigenvalue weighted by Crippen LogP contribution is -2.46. The van der Waals surface area contributed by atoms with Gasteiger partial charge in [-0.3, -0.25) is 4.79 Å². The van der Waals surface area contributed by atoms with Crippen LogP contribution in [-0.4, -0.2) is 24.5 Å². The van der Waals surface area contributed by atoms with Gasteiger partial charge in [0.1, 0.15) is 0 Å². The number of hydrogen-bond donors (Lipinski definition) is 2. The summed E-state index contributed by atoms with van der Waals surface area (Å²) in [6.07, 6.45) is 2.93. The van der Waals surface area contributed by atoms with Crippen molar-refractivity contribution in [2.75, 3.05) is 6.54 Å². The van der Waals surface area contributed by atoms with Gasteiger partial charge in [0.15, 0.2) is 0 Å². The molecular weight excluding hydrogens is 260 g/mol. The van der Waals surface area contributed by atoms with Crippen LogP contribution < -0.4 is 10.6 Å². The van der Waals surface area contributed by atoms with Crippen LogP contribution in [0.4, 0.5) is 0 Å². The summed E-state index contributed by atoms with van der Waals surface area (Å²) in [6.45, 7) is 5.23. The molecule has 2 unspecified atom stereocenters. The Labute approximate surface area is 121 Å². The highest BCUT2D eigenvalue weighted by molar-refractivity contribution is 5.95. The minimum absolute atomic E-state index is 0. The maximum atomic E-state index is 12.3. The molecule has 0 bridgehead atoms. The second kappa shape index (κ2) is 7.51. The van der Waals surface area contributed by atoms with Crippen molar-refractivity contribution >= 4 is 18.3 Å². The molecule has 1 amide bonds. The van der Waals surface area contributed by atoms with Crippen LogP contribution in [0.5, 0.6) is 0 Å². The molecule has 1 aliphatic heterocycles. The summed E-state index contributed by atoms with van der Waals surface area (Å²) in [6, 6.07) is 8.66. The third kappa shape index (κ3) is 4.22. The van der Waals surface area contributed by atoms with Crippen molar-refractivity contribution in [3.63, 3.8) is 0 Å². The number of halogens is 1. The molecule has 2 N–H and O–H groups in total. The Morgan fingerprint density at radius 2 is 2.16 bits per heavy atom. The highest BCUT2D eigenvalue weighted by Crippen LogP contribution is 2.12. The fourth-order valence-corrected chi connectivity index (χ4v) is 2.58. The maximum absolute atomic E-state index is 12.3. The Balaban J connectivity index is 0.00000180. The van der Waals surface area contributed by atoms with E-state index in [9.17, 15) is 4.79 Å². The standard InChI is InChI=1S/C15H22N2O.ClH/c1-3-12-6-4-5-7-14(12)15(18)17-13-8-9-16-11(2)10-13;/h4-7,11,13,16H,3,8-10H2,1-2H3,(H,17,18);1H. The van der Waals surface area contributed by atoms with E-state index in [4.69, 9.17) is 0 Å². The van der Waals surface area contributed by atoms with E-state index in [-0.39, 0.29) is 18.3 Å². The molecule has 19 heavy (non-hydrogen) atoms. The second-order valence-corrected chi connectivity index (χ2v) is 5.06. The zero-order chi connectivity index (χ0) is 13.0. The van der Waals surface area contributed by atoms with E-state index >= 15 is 0 Å². The van der Waals surface area contributed by atoms with Crippen LogP contribution in [0.25, 0.3) is 0 Å². The summed E-state index contributed by atoms with van der Waals surface area (Å²) < 4.78 is 0. The first kappa shape index (κ1) is 16.0. The van der Waals surface area contributed by atoms with Crippen molar-refractivity contribution in [3.05, 3.63) is 35.4 Å². The van der Waals surface area contributed by atoms with Crippen LogP contribution in [0, 0.1) is 0 Å². The zero-order valence-electron chi connectivity index (χ0n) is 11.6. The van der Waals surface area contributed by atoms with Crippen molar-refractivity contribution in [1.29, 1.82) is 0 Å². The van der Waals surface area contributed by atoms with Gasteiger partial charge in [-0.15, -0.1) is 12.4 Å². The summed E-state index contributed by atoms with van der Waals surface area (Å²) in [5, 5.41) is 6.56. The maximum Gasteiger partial charge on any atom is 0.251 e. The topological polar surface area (TPSA) is 41.1 Å². The molecule has 1 aromatic rings. The number of rotatable bonds is 3. The van der Waals surface area contributed by atoms with Gasteiger partial charge < -0.3 is 10.6 Å². The van der Waals surface area contributed by atoms with E-state index in [1.54, 1.807) is 0 Å². The van der Waals surface area contributed by atoms with Crippen molar-refractivity contribution < 1.29 is 4.79 Å². The first-order chi connectivity index (χ1) is 8.70. The highest BCUT2D eigenvalue weighted by Gasteiger charge is 2.21. The van der Waals surface area contributed by atoms with E-state index in [1.165, 1.54) is 0 Å². The molecule has 2 atom stereocenters. The summed E-state index contributed by atoms with van der Waals surface area (Å²) in [5.41, 5.74) is 1.95. The van der Waals surface area contributed by atoms with Crippen molar-refractivity contribution in [1.82, 2.24) is 10.6 Å². The molecule has 0 radical (unpaired) electrons. The fourth-order valence-electron chi connectivity index (χ4n) is 2.58. The van der Waals surface area contributed by atoms with Gasteiger partial charge in [0.25, 0.3) is 5.91 Å². The quantitative estimate of drug-likeness (QED) is 0.895. The van der Waals surface area contributed by atoms with E-state index in [0.29, 0.717) is 12.1 Å². The van der Waals surface area contributed by atoms with Gasteiger partial charge in [0.05, 0.1) is 0 Å². The Kier molecular flexibility index (Phi) is 6.32. The third-order valence-electron chi connectivity index (χ3n) is 3.60. The zero-order valence-corrected chi connectivity index (χ0v) is 12.4. The molecule has 1 aromatic carbocycles. The molecule has 1 heterocycles. The van der Waals surface area contributed by atoms with Gasteiger partial charge in [-0.25, -0.2) is 0 Å². The first-order valence-electron chi connectivity index (χ1n) is 6.83. The van der Waals surface area contributed by atoms with Crippen LogP contribution in [0.15, 0.2) is 24.3 Å². The van der Waals surface area contributed by atoms with Crippen LogP contribution in [-0.2, 0) is 6.42 Å². The molecule has 1 aliphatic rings. The molecule has 1 fully saturated rings. The Hall–Kier alpha value is -1.06. The molecule has 2 rings (SSSR count). The van der Waals surface area contributed by atoms with Gasteiger partial charge in [-0.05, 0) is 44.4 Å². The number of amides is 1. The molecule has 0 aromatic heterocycles. The van der Waals surface area contributed by atoms with Crippen molar-refractivity contribution in [2.45, 2.75) is 45.2 Å². The van der Waals surface area contributed by atoms with Gasteiger partial charge in [-0.2, -0.15) is 0 Å². The van der Waals surface area contributed by atoms with Gasteiger partial charge in [-0.1, -0.05) is 25.1 Å². The van der Waals surface area contributed by atoms with Crippen LogP contribution in [0.2, 0.25) is 0 Å². The van der Waals surface area contributed by atoms with Gasteiger partial charge >= 0.3 is 0 Å². The largest absolute Gasteiger partial charge is 0.349 e. The predicted molar refractivity (Wildman–Crippen MR) is 81.0 cm³/mol.